The second-order valence-electron chi connectivity index (χ2n) is 2.54. The minimum atomic E-state index is 0.201. The second-order valence-corrected chi connectivity index (χ2v) is 3.10. The van der Waals surface area contributed by atoms with E-state index < -0.39 is 0 Å². The summed E-state index contributed by atoms with van der Waals surface area (Å²) < 4.78 is 1.74. The van der Waals surface area contributed by atoms with Crippen LogP contribution in [0.1, 0.15) is 6.42 Å². The van der Waals surface area contributed by atoms with Crippen molar-refractivity contribution in [1.29, 1.82) is 0 Å². The van der Waals surface area contributed by atoms with Gasteiger partial charge in [-0.1, -0.05) is 12.2 Å². The van der Waals surface area contributed by atoms with E-state index in [1.54, 1.807) is 4.67 Å². The Morgan fingerprint density at radius 1 is 1.67 bits per heavy atom. The van der Waals surface area contributed by atoms with Crippen molar-refractivity contribution in [2.45, 2.75) is 12.5 Å². The van der Waals surface area contributed by atoms with Crippen molar-refractivity contribution in [3.63, 3.8) is 0 Å². The summed E-state index contributed by atoms with van der Waals surface area (Å²) in [7, 11) is 2.46. The van der Waals surface area contributed by atoms with Crippen molar-refractivity contribution in [3.8, 4) is 0 Å². The highest BCUT2D eigenvalue weighted by Crippen LogP contribution is 2.34. The van der Waals surface area contributed by atoms with Crippen molar-refractivity contribution in [1.82, 2.24) is 4.67 Å². The van der Waals surface area contributed by atoms with Crippen LogP contribution in [0, 0.1) is 5.92 Å². The fraction of sp³-hybridized carbons (Fsp3) is 0.500. The van der Waals surface area contributed by atoms with Gasteiger partial charge in [0.15, 0.2) is 0 Å². The molecule has 1 saturated heterocycles. The fourth-order valence-electron chi connectivity index (χ4n) is 1.42. The Morgan fingerprint density at radius 2 is 2.44 bits per heavy atom. The van der Waals surface area contributed by atoms with Gasteiger partial charge in [-0.15, -0.1) is 0 Å². The molecule has 0 saturated carbocycles. The van der Waals surface area contributed by atoms with E-state index in [1.807, 2.05) is 6.08 Å². The molecule has 1 aliphatic heterocycles. The first-order valence-corrected chi connectivity index (χ1v) is 3.57. The second kappa shape index (κ2) is 1.57. The predicted octanol–water partition coefficient (Wildman–Crippen LogP) is 0.563. The zero-order chi connectivity index (χ0) is 6.43. The van der Waals surface area contributed by atoms with Crippen molar-refractivity contribution >= 4 is 15.3 Å². The van der Waals surface area contributed by atoms with E-state index in [2.05, 4.69) is 15.5 Å². The summed E-state index contributed by atoms with van der Waals surface area (Å²) in [6.45, 7) is 0. The lowest BCUT2D eigenvalue weighted by Gasteiger charge is -2.16. The SMILES string of the molecule is O=C1[C@H]2C=CC(C2)N1P. The zero-order valence-corrected chi connectivity index (χ0v) is 6.10. The number of carbonyl (C=O) groups excluding carboxylic acids is 1. The standard InChI is InChI=1S/C6H8NOP/c8-6-4-1-2-5(3-4)7(6)9/h1-2,4-5H,3,9H2/t4-,5?/m0/s1. The summed E-state index contributed by atoms with van der Waals surface area (Å²) in [5, 5.41) is 0. The number of rotatable bonds is 0. The molecule has 0 spiro atoms. The van der Waals surface area contributed by atoms with Gasteiger partial charge in [-0.3, -0.25) is 4.79 Å². The average Bonchev–Trinajstić information content (AvgIpc) is 2.37. The molecule has 1 aliphatic carbocycles. The van der Waals surface area contributed by atoms with Crippen LogP contribution in [-0.4, -0.2) is 16.6 Å². The molecule has 0 radical (unpaired) electrons. The molecule has 1 heterocycles. The van der Waals surface area contributed by atoms with Crippen LogP contribution in [0.2, 0.25) is 0 Å². The summed E-state index contributed by atoms with van der Waals surface area (Å²) in [5.41, 5.74) is 0. The quantitative estimate of drug-likeness (QED) is 0.356. The number of fused-ring (bicyclic) bond motifs is 2. The number of hydrogen-bond donors (Lipinski definition) is 0. The molecule has 2 nitrogen and oxygen atoms in total. The minimum Gasteiger partial charge on any atom is -0.320 e. The maximum Gasteiger partial charge on any atom is 0.232 e. The summed E-state index contributed by atoms with van der Waals surface area (Å²) in [6.07, 6.45) is 5.11. The maximum atomic E-state index is 11.0. The highest BCUT2D eigenvalue weighted by Gasteiger charge is 2.38. The molecule has 9 heavy (non-hydrogen) atoms. The van der Waals surface area contributed by atoms with E-state index in [-0.39, 0.29) is 11.8 Å². The van der Waals surface area contributed by atoms with Crippen molar-refractivity contribution in [2.75, 3.05) is 0 Å². The lowest BCUT2D eigenvalue weighted by Crippen LogP contribution is -2.24. The third-order valence-electron chi connectivity index (χ3n) is 1.99. The monoisotopic (exact) mass is 141 g/mol. The van der Waals surface area contributed by atoms with Gasteiger partial charge in [-0.2, -0.15) is 0 Å². The van der Waals surface area contributed by atoms with Gasteiger partial charge in [0.1, 0.15) is 0 Å². The average molecular weight is 141 g/mol. The number of amides is 1. The number of hydrogen-bond acceptors (Lipinski definition) is 1. The molecule has 2 aliphatic rings. The van der Waals surface area contributed by atoms with Crippen LogP contribution in [0.5, 0.6) is 0 Å². The van der Waals surface area contributed by atoms with Gasteiger partial charge in [0.2, 0.25) is 5.91 Å². The molecular formula is C6H8NOP. The Morgan fingerprint density at radius 3 is 2.78 bits per heavy atom. The molecule has 0 aromatic heterocycles. The van der Waals surface area contributed by atoms with Gasteiger partial charge in [0, 0.05) is 0 Å². The largest absolute Gasteiger partial charge is 0.320 e. The smallest absolute Gasteiger partial charge is 0.232 e. The third kappa shape index (κ3) is 0.570. The molecule has 2 bridgehead atoms. The molecule has 3 heteroatoms. The first-order valence-electron chi connectivity index (χ1n) is 3.05. The molecule has 0 aromatic carbocycles. The number of carbonyl (C=O) groups is 1. The molecule has 0 N–H and O–H groups in total. The molecule has 1 fully saturated rings. The molecule has 3 atom stereocenters. The van der Waals surface area contributed by atoms with Crippen molar-refractivity contribution < 1.29 is 4.79 Å². The topological polar surface area (TPSA) is 20.3 Å². The first kappa shape index (κ1) is 5.43. The number of nitrogens with zero attached hydrogens (tertiary/aromatic N) is 1. The molecule has 48 valence electrons. The van der Waals surface area contributed by atoms with Crippen LogP contribution in [-0.2, 0) is 4.79 Å². The molecule has 0 aromatic rings. The molecule has 2 rings (SSSR count). The summed E-state index contributed by atoms with van der Waals surface area (Å²) in [4.78, 5) is 11.0. The van der Waals surface area contributed by atoms with Crippen LogP contribution in [0.15, 0.2) is 12.2 Å². The summed E-state index contributed by atoms with van der Waals surface area (Å²) in [5.74, 6) is 0.458. The summed E-state index contributed by atoms with van der Waals surface area (Å²) >= 11 is 0. The van der Waals surface area contributed by atoms with Gasteiger partial charge >= 0.3 is 0 Å². The highest BCUT2D eigenvalue weighted by molar-refractivity contribution is 7.14. The van der Waals surface area contributed by atoms with Crippen molar-refractivity contribution in [3.05, 3.63) is 12.2 Å². The van der Waals surface area contributed by atoms with E-state index in [0.29, 0.717) is 6.04 Å². The zero-order valence-electron chi connectivity index (χ0n) is 4.95. The first-order chi connectivity index (χ1) is 4.29. The van der Waals surface area contributed by atoms with Crippen LogP contribution in [0.4, 0.5) is 0 Å². The van der Waals surface area contributed by atoms with Gasteiger partial charge in [0.05, 0.1) is 12.0 Å². The normalized spacial score (nSPS) is 38.8. The molecule has 2 unspecified atom stereocenters. The summed E-state index contributed by atoms with van der Waals surface area (Å²) in [6, 6.07) is 0.382. The Kier molecular flexibility index (Phi) is 0.948. The van der Waals surface area contributed by atoms with E-state index in [9.17, 15) is 4.79 Å². The lowest BCUT2D eigenvalue weighted by atomic mass is 10.1. The van der Waals surface area contributed by atoms with Gasteiger partial charge in [-0.25, -0.2) is 0 Å². The fourth-order valence-corrected chi connectivity index (χ4v) is 1.84. The Balaban J connectivity index is 2.36. The predicted molar refractivity (Wildman–Crippen MR) is 37.6 cm³/mol. The molecule has 1 amide bonds. The highest BCUT2D eigenvalue weighted by atomic mass is 31.0. The van der Waals surface area contributed by atoms with E-state index in [0.717, 1.165) is 6.42 Å². The van der Waals surface area contributed by atoms with Gasteiger partial charge < -0.3 is 4.67 Å². The van der Waals surface area contributed by atoms with Crippen LogP contribution < -0.4 is 0 Å². The maximum absolute atomic E-state index is 11.0. The molecular weight excluding hydrogens is 133 g/mol. The van der Waals surface area contributed by atoms with E-state index in [4.69, 9.17) is 0 Å². The van der Waals surface area contributed by atoms with Crippen LogP contribution >= 0.6 is 9.39 Å². The van der Waals surface area contributed by atoms with E-state index in [1.165, 1.54) is 0 Å². The Labute approximate surface area is 56.2 Å². The van der Waals surface area contributed by atoms with Gasteiger partial charge in [-0.05, 0) is 15.8 Å². The Bertz CT molecular complexity index is 189. The third-order valence-corrected chi connectivity index (χ3v) is 2.63. The van der Waals surface area contributed by atoms with Crippen molar-refractivity contribution in [2.24, 2.45) is 5.92 Å². The Hall–Kier alpha value is -0.360. The van der Waals surface area contributed by atoms with Crippen LogP contribution in [0.3, 0.4) is 0 Å². The lowest BCUT2D eigenvalue weighted by molar-refractivity contribution is -0.126. The van der Waals surface area contributed by atoms with Gasteiger partial charge in [0.25, 0.3) is 0 Å². The van der Waals surface area contributed by atoms with E-state index >= 15 is 0 Å². The minimum absolute atomic E-state index is 0.201. The van der Waals surface area contributed by atoms with Crippen LogP contribution in [0.25, 0.3) is 0 Å².